The number of hydrogen-bond donors (Lipinski definition) is 0. The molecule has 174 valence electrons. The molecule has 1 atom stereocenters. The normalized spacial score (nSPS) is 18.6. The van der Waals surface area contributed by atoms with E-state index < -0.39 is 11.8 Å². The van der Waals surface area contributed by atoms with Crippen molar-refractivity contribution in [1.82, 2.24) is 14.8 Å². The van der Waals surface area contributed by atoms with E-state index in [-0.39, 0.29) is 18.5 Å². The molecule has 1 aromatic carbocycles. The lowest BCUT2D eigenvalue weighted by Crippen LogP contribution is -2.56. The summed E-state index contributed by atoms with van der Waals surface area (Å²) in [6, 6.07) is 9.06. The number of piperazine rings is 1. The highest BCUT2D eigenvalue weighted by atomic mass is 32.1. The maximum absolute atomic E-state index is 13.3. The van der Waals surface area contributed by atoms with Gasteiger partial charge in [-0.2, -0.15) is 5.10 Å². The van der Waals surface area contributed by atoms with Gasteiger partial charge in [0.15, 0.2) is 11.5 Å². The standard InChI is InChI=1S/C23H26N4O5S/c1-4-25-9-10-26(23(30)22(25)29)14-21(28)27-17(13-16(24-27)20-6-5-11-33-20)15-7-8-18(31-2)19(12-15)32-3/h5-8,11-12,17H,4,9-10,13-14H2,1-3H3/t17-/m0/s1. The molecule has 0 radical (unpaired) electrons. The molecule has 0 aliphatic carbocycles. The van der Waals surface area contributed by atoms with E-state index in [1.54, 1.807) is 31.6 Å². The van der Waals surface area contributed by atoms with Crippen molar-refractivity contribution in [2.24, 2.45) is 5.10 Å². The summed E-state index contributed by atoms with van der Waals surface area (Å²) in [6.45, 7) is 2.82. The summed E-state index contributed by atoms with van der Waals surface area (Å²) in [5, 5.41) is 8.03. The van der Waals surface area contributed by atoms with Crippen molar-refractivity contribution in [3.05, 3.63) is 46.2 Å². The van der Waals surface area contributed by atoms with E-state index in [0.717, 1.165) is 16.2 Å². The van der Waals surface area contributed by atoms with Crippen molar-refractivity contribution in [3.63, 3.8) is 0 Å². The van der Waals surface area contributed by atoms with Crippen LogP contribution in [0.25, 0.3) is 0 Å². The molecule has 0 N–H and O–H groups in total. The molecule has 1 saturated heterocycles. The summed E-state index contributed by atoms with van der Waals surface area (Å²) < 4.78 is 10.8. The van der Waals surface area contributed by atoms with Crippen LogP contribution in [0.2, 0.25) is 0 Å². The first-order chi connectivity index (χ1) is 16.0. The number of rotatable bonds is 7. The van der Waals surface area contributed by atoms with E-state index in [1.807, 2.05) is 36.6 Å². The Kier molecular flexibility index (Phi) is 6.64. The van der Waals surface area contributed by atoms with Crippen LogP contribution in [0.5, 0.6) is 11.5 Å². The van der Waals surface area contributed by atoms with E-state index in [2.05, 4.69) is 5.10 Å². The van der Waals surface area contributed by atoms with Crippen molar-refractivity contribution >= 4 is 34.8 Å². The molecule has 1 fully saturated rings. The number of carbonyl (C=O) groups is 3. The van der Waals surface area contributed by atoms with Crippen LogP contribution < -0.4 is 9.47 Å². The van der Waals surface area contributed by atoms with Crippen molar-refractivity contribution in [2.45, 2.75) is 19.4 Å². The van der Waals surface area contributed by atoms with Gasteiger partial charge in [0.1, 0.15) is 6.54 Å². The second-order valence-electron chi connectivity index (χ2n) is 7.71. The van der Waals surface area contributed by atoms with E-state index in [9.17, 15) is 14.4 Å². The summed E-state index contributed by atoms with van der Waals surface area (Å²) in [6.07, 6.45) is 0.526. The van der Waals surface area contributed by atoms with Gasteiger partial charge >= 0.3 is 11.8 Å². The van der Waals surface area contributed by atoms with Crippen LogP contribution in [0.1, 0.15) is 29.8 Å². The zero-order valence-electron chi connectivity index (χ0n) is 18.8. The number of amides is 3. The highest BCUT2D eigenvalue weighted by molar-refractivity contribution is 7.12. The molecule has 3 heterocycles. The fraction of sp³-hybridized carbons (Fsp3) is 0.391. The molecule has 4 rings (SSSR count). The SMILES string of the molecule is CCN1CCN(CC(=O)N2N=C(c3cccs3)C[C@H]2c2ccc(OC)c(OC)c2)C(=O)C1=O. The van der Waals surface area contributed by atoms with Gasteiger partial charge in [-0.1, -0.05) is 12.1 Å². The number of likely N-dealkylation sites (N-methyl/N-ethyl adjacent to an activating group) is 1. The first-order valence-corrected chi connectivity index (χ1v) is 11.6. The Morgan fingerprint density at radius 3 is 2.48 bits per heavy atom. The van der Waals surface area contributed by atoms with E-state index in [1.165, 1.54) is 14.8 Å². The minimum Gasteiger partial charge on any atom is -0.493 e. The lowest BCUT2D eigenvalue weighted by Gasteiger charge is -2.33. The van der Waals surface area contributed by atoms with Crippen LogP contribution in [0.4, 0.5) is 0 Å². The molecule has 0 unspecified atom stereocenters. The largest absolute Gasteiger partial charge is 0.493 e. The molecule has 33 heavy (non-hydrogen) atoms. The minimum absolute atomic E-state index is 0.201. The van der Waals surface area contributed by atoms with Crippen LogP contribution in [0.3, 0.4) is 0 Å². The fourth-order valence-corrected chi connectivity index (χ4v) is 4.78. The Hall–Kier alpha value is -3.40. The van der Waals surface area contributed by atoms with Gasteiger partial charge in [-0.25, -0.2) is 5.01 Å². The number of carbonyl (C=O) groups excluding carboxylic acids is 3. The van der Waals surface area contributed by atoms with Crippen LogP contribution in [0.15, 0.2) is 40.8 Å². The number of hydrazone groups is 1. The first-order valence-electron chi connectivity index (χ1n) is 10.7. The smallest absolute Gasteiger partial charge is 0.312 e. The molecular formula is C23H26N4O5S. The number of benzene rings is 1. The molecule has 2 aliphatic rings. The molecule has 3 amide bonds. The zero-order chi connectivity index (χ0) is 23.5. The molecule has 2 aliphatic heterocycles. The van der Waals surface area contributed by atoms with Gasteiger partial charge in [0.2, 0.25) is 0 Å². The molecule has 0 bridgehead atoms. The highest BCUT2D eigenvalue weighted by Gasteiger charge is 2.38. The summed E-state index contributed by atoms with van der Waals surface area (Å²) >= 11 is 1.56. The third-order valence-electron chi connectivity index (χ3n) is 5.87. The maximum atomic E-state index is 13.3. The zero-order valence-corrected chi connectivity index (χ0v) is 19.6. The number of ether oxygens (including phenoxy) is 2. The lowest BCUT2D eigenvalue weighted by atomic mass is 10.0. The quantitative estimate of drug-likeness (QED) is 0.578. The van der Waals surface area contributed by atoms with Crippen molar-refractivity contribution < 1.29 is 23.9 Å². The van der Waals surface area contributed by atoms with Crippen molar-refractivity contribution in [3.8, 4) is 11.5 Å². The van der Waals surface area contributed by atoms with Gasteiger partial charge in [0.25, 0.3) is 5.91 Å². The molecule has 2 aromatic rings. The monoisotopic (exact) mass is 470 g/mol. The Morgan fingerprint density at radius 2 is 1.82 bits per heavy atom. The Bertz CT molecular complexity index is 1080. The topological polar surface area (TPSA) is 91.8 Å². The summed E-state index contributed by atoms with van der Waals surface area (Å²) in [5.41, 5.74) is 1.64. The van der Waals surface area contributed by atoms with Crippen molar-refractivity contribution in [1.29, 1.82) is 0 Å². The van der Waals surface area contributed by atoms with Crippen LogP contribution >= 0.6 is 11.3 Å². The predicted molar refractivity (Wildman–Crippen MR) is 123 cm³/mol. The first kappa shape index (κ1) is 22.8. The van der Waals surface area contributed by atoms with Gasteiger partial charge in [-0.15, -0.1) is 11.3 Å². The summed E-state index contributed by atoms with van der Waals surface area (Å²) in [4.78, 5) is 41.9. The number of thiophene rings is 1. The highest BCUT2D eigenvalue weighted by Crippen LogP contribution is 2.38. The molecule has 1 aromatic heterocycles. The molecular weight excluding hydrogens is 444 g/mol. The van der Waals surface area contributed by atoms with Crippen LogP contribution in [-0.4, -0.2) is 78.6 Å². The Balaban J connectivity index is 1.60. The molecule has 0 saturated carbocycles. The summed E-state index contributed by atoms with van der Waals surface area (Å²) in [7, 11) is 3.13. The minimum atomic E-state index is -0.652. The Labute approximate surface area is 196 Å². The Morgan fingerprint density at radius 1 is 1.09 bits per heavy atom. The second kappa shape index (κ2) is 9.62. The van der Waals surface area contributed by atoms with E-state index >= 15 is 0 Å². The predicted octanol–water partition coefficient (Wildman–Crippen LogP) is 2.13. The molecule has 9 nitrogen and oxygen atoms in total. The van der Waals surface area contributed by atoms with E-state index in [4.69, 9.17) is 9.47 Å². The van der Waals surface area contributed by atoms with E-state index in [0.29, 0.717) is 37.6 Å². The van der Waals surface area contributed by atoms with Crippen LogP contribution in [0, 0.1) is 0 Å². The lowest BCUT2D eigenvalue weighted by molar-refractivity contribution is -0.157. The molecule has 10 heteroatoms. The fourth-order valence-electron chi connectivity index (χ4n) is 4.05. The number of hydrogen-bond acceptors (Lipinski definition) is 7. The average molecular weight is 471 g/mol. The van der Waals surface area contributed by atoms with Crippen molar-refractivity contribution in [2.75, 3.05) is 40.4 Å². The third-order valence-corrected chi connectivity index (χ3v) is 6.79. The average Bonchev–Trinajstić information content (AvgIpc) is 3.52. The maximum Gasteiger partial charge on any atom is 0.312 e. The molecule has 0 spiro atoms. The van der Waals surface area contributed by atoms with Gasteiger partial charge in [-0.05, 0) is 36.1 Å². The van der Waals surface area contributed by atoms with Gasteiger partial charge < -0.3 is 19.3 Å². The van der Waals surface area contributed by atoms with Gasteiger partial charge in [0.05, 0.1) is 30.9 Å². The summed E-state index contributed by atoms with van der Waals surface area (Å²) in [5.74, 6) is -0.414. The third kappa shape index (κ3) is 4.43. The van der Waals surface area contributed by atoms with Gasteiger partial charge in [-0.3, -0.25) is 14.4 Å². The number of nitrogens with zero attached hydrogens (tertiary/aromatic N) is 4. The van der Waals surface area contributed by atoms with Gasteiger partial charge in [0, 0.05) is 26.1 Å². The second-order valence-corrected chi connectivity index (χ2v) is 8.66. The van der Waals surface area contributed by atoms with Crippen LogP contribution in [-0.2, 0) is 14.4 Å². The number of methoxy groups -OCH3 is 2.